The number of nitrogens with one attached hydrogen (secondary N) is 1. The molecule has 0 fully saturated rings. The lowest BCUT2D eigenvalue weighted by atomic mass is 10.4. The standard InChI is InChI=1S/C8H17NS.C2H6/c1-7(2)9-5-6-10-8(3)4;1-2/h5-9H,1-4H3;1-2H3. The number of thioether (sulfide) groups is 1. The lowest BCUT2D eigenvalue weighted by Crippen LogP contribution is -2.14. The molecule has 0 saturated heterocycles. The molecule has 0 aromatic heterocycles. The quantitative estimate of drug-likeness (QED) is 0.725. The minimum Gasteiger partial charge on any atom is -0.388 e. The predicted octanol–water partition coefficient (Wildman–Crippen LogP) is 3.62. The number of hydrogen-bond donors (Lipinski definition) is 1. The van der Waals surface area contributed by atoms with E-state index in [-0.39, 0.29) is 0 Å². The molecule has 0 saturated carbocycles. The summed E-state index contributed by atoms with van der Waals surface area (Å²) in [5.41, 5.74) is 0. The second-order valence-electron chi connectivity index (χ2n) is 2.81. The van der Waals surface area contributed by atoms with Crippen LogP contribution in [0.4, 0.5) is 0 Å². The van der Waals surface area contributed by atoms with Crippen molar-refractivity contribution in [2.24, 2.45) is 0 Å². The van der Waals surface area contributed by atoms with Crippen LogP contribution in [0.2, 0.25) is 0 Å². The molecule has 1 N–H and O–H groups in total. The first-order valence-corrected chi connectivity index (χ1v) is 5.63. The molecule has 0 aromatic carbocycles. The van der Waals surface area contributed by atoms with Crippen molar-refractivity contribution in [2.45, 2.75) is 52.8 Å². The average Bonchev–Trinajstić information content (AvgIpc) is 2.02. The van der Waals surface area contributed by atoms with Gasteiger partial charge in [-0.25, -0.2) is 0 Å². The minimum atomic E-state index is 0.545. The highest BCUT2D eigenvalue weighted by molar-refractivity contribution is 8.02. The molecule has 0 amide bonds. The Morgan fingerprint density at radius 3 is 1.92 bits per heavy atom. The smallest absolute Gasteiger partial charge is 0.0199 e. The van der Waals surface area contributed by atoms with Crippen LogP contribution in [0.5, 0.6) is 0 Å². The summed E-state index contributed by atoms with van der Waals surface area (Å²) < 4.78 is 0. The van der Waals surface area contributed by atoms with Crippen LogP contribution in [0.1, 0.15) is 41.5 Å². The van der Waals surface area contributed by atoms with Gasteiger partial charge < -0.3 is 5.32 Å². The summed E-state index contributed by atoms with van der Waals surface area (Å²) in [6.45, 7) is 12.6. The van der Waals surface area contributed by atoms with E-state index in [1.165, 1.54) is 0 Å². The van der Waals surface area contributed by atoms with E-state index in [0.29, 0.717) is 11.3 Å². The van der Waals surface area contributed by atoms with Gasteiger partial charge in [-0.15, -0.1) is 11.8 Å². The van der Waals surface area contributed by atoms with Crippen LogP contribution >= 0.6 is 11.8 Å². The number of rotatable bonds is 4. The molecule has 0 unspecified atom stereocenters. The molecule has 0 aromatic rings. The fourth-order valence-electron chi connectivity index (χ4n) is 0.428. The predicted molar refractivity (Wildman–Crippen MR) is 61.5 cm³/mol. The summed E-state index contributed by atoms with van der Waals surface area (Å²) in [4.78, 5) is 0. The summed E-state index contributed by atoms with van der Waals surface area (Å²) in [6, 6.07) is 0.545. The maximum absolute atomic E-state index is 3.20. The van der Waals surface area contributed by atoms with Gasteiger partial charge in [0, 0.05) is 17.5 Å². The van der Waals surface area contributed by atoms with Crippen molar-refractivity contribution < 1.29 is 0 Å². The Kier molecular flexibility index (Phi) is 13.1. The van der Waals surface area contributed by atoms with E-state index in [1.807, 2.05) is 31.8 Å². The molecule has 0 atom stereocenters. The van der Waals surface area contributed by atoms with E-state index in [2.05, 4.69) is 38.4 Å². The second-order valence-corrected chi connectivity index (χ2v) is 4.30. The van der Waals surface area contributed by atoms with Crippen LogP contribution < -0.4 is 5.32 Å². The highest BCUT2D eigenvalue weighted by Crippen LogP contribution is 2.08. The molecule has 0 bridgehead atoms. The largest absolute Gasteiger partial charge is 0.388 e. The molecule has 0 rings (SSSR count). The Morgan fingerprint density at radius 1 is 1.08 bits per heavy atom. The van der Waals surface area contributed by atoms with E-state index in [4.69, 9.17) is 0 Å². The molecule has 0 radical (unpaired) electrons. The van der Waals surface area contributed by atoms with E-state index in [1.54, 1.807) is 0 Å². The molecule has 12 heavy (non-hydrogen) atoms. The maximum Gasteiger partial charge on any atom is 0.0199 e. The molecular formula is C10H23NS. The van der Waals surface area contributed by atoms with Gasteiger partial charge in [-0.05, 0) is 19.3 Å². The van der Waals surface area contributed by atoms with Gasteiger partial charge in [-0.1, -0.05) is 27.7 Å². The Balaban J connectivity index is 0. The van der Waals surface area contributed by atoms with E-state index in [9.17, 15) is 0 Å². The van der Waals surface area contributed by atoms with Gasteiger partial charge in [0.25, 0.3) is 0 Å². The van der Waals surface area contributed by atoms with Gasteiger partial charge in [0.05, 0.1) is 0 Å². The zero-order chi connectivity index (χ0) is 9.98. The van der Waals surface area contributed by atoms with Crippen molar-refractivity contribution in [1.29, 1.82) is 0 Å². The van der Waals surface area contributed by atoms with Crippen molar-refractivity contribution >= 4 is 11.8 Å². The van der Waals surface area contributed by atoms with Crippen LogP contribution in [0.3, 0.4) is 0 Å². The lowest BCUT2D eigenvalue weighted by Gasteiger charge is -2.03. The highest BCUT2D eigenvalue weighted by atomic mass is 32.2. The van der Waals surface area contributed by atoms with E-state index < -0.39 is 0 Å². The monoisotopic (exact) mass is 189 g/mol. The van der Waals surface area contributed by atoms with Crippen molar-refractivity contribution in [3.63, 3.8) is 0 Å². The summed E-state index contributed by atoms with van der Waals surface area (Å²) in [5, 5.41) is 5.99. The van der Waals surface area contributed by atoms with Gasteiger partial charge in [-0.2, -0.15) is 0 Å². The zero-order valence-electron chi connectivity index (χ0n) is 9.22. The molecular weight excluding hydrogens is 166 g/mol. The van der Waals surface area contributed by atoms with Crippen LogP contribution in [-0.4, -0.2) is 11.3 Å². The molecule has 1 nitrogen and oxygen atoms in total. The van der Waals surface area contributed by atoms with E-state index >= 15 is 0 Å². The third kappa shape index (κ3) is 16.5. The SMILES string of the molecule is CC.CC(C)NC=CSC(C)C. The Labute approximate surface area is 82.0 Å². The minimum absolute atomic E-state index is 0.545. The lowest BCUT2D eigenvalue weighted by molar-refractivity contribution is 0.703. The van der Waals surface area contributed by atoms with E-state index in [0.717, 1.165) is 0 Å². The van der Waals surface area contributed by atoms with Gasteiger partial charge >= 0.3 is 0 Å². The molecule has 74 valence electrons. The maximum atomic E-state index is 3.20. The molecule has 0 aliphatic heterocycles. The van der Waals surface area contributed by atoms with Crippen molar-refractivity contribution in [3.8, 4) is 0 Å². The molecule has 0 aliphatic carbocycles. The third-order valence-electron chi connectivity index (χ3n) is 0.848. The fraction of sp³-hybridized carbons (Fsp3) is 0.800. The fourth-order valence-corrected chi connectivity index (χ4v) is 0.900. The van der Waals surface area contributed by atoms with Crippen LogP contribution in [0.15, 0.2) is 11.6 Å². The molecule has 0 heterocycles. The number of hydrogen-bond acceptors (Lipinski definition) is 2. The van der Waals surface area contributed by atoms with Crippen molar-refractivity contribution in [1.82, 2.24) is 5.32 Å². The van der Waals surface area contributed by atoms with Crippen molar-refractivity contribution in [3.05, 3.63) is 11.6 Å². The first-order valence-electron chi connectivity index (χ1n) is 4.69. The van der Waals surface area contributed by atoms with Gasteiger partial charge in [-0.3, -0.25) is 0 Å². The zero-order valence-corrected chi connectivity index (χ0v) is 10.0. The van der Waals surface area contributed by atoms with Crippen LogP contribution in [-0.2, 0) is 0 Å². The first kappa shape index (κ1) is 14.4. The summed E-state index contributed by atoms with van der Waals surface area (Å²) in [6.07, 6.45) is 2.01. The van der Waals surface area contributed by atoms with Crippen LogP contribution in [0.25, 0.3) is 0 Å². The Bertz CT molecular complexity index is 86.0. The van der Waals surface area contributed by atoms with Crippen LogP contribution in [0, 0.1) is 0 Å². The van der Waals surface area contributed by atoms with Gasteiger partial charge in [0.15, 0.2) is 0 Å². The second kappa shape index (κ2) is 10.9. The average molecular weight is 189 g/mol. The topological polar surface area (TPSA) is 12.0 Å². The van der Waals surface area contributed by atoms with Gasteiger partial charge in [0.2, 0.25) is 0 Å². The normalized spacial score (nSPS) is 10.3. The molecule has 2 heteroatoms. The highest BCUT2D eigenvalue weighted by Gasteiger charge is 1.87. The van der Waals surface area contributed by atoms with Crippen molar-refractivity contribution in [2.75, 3.05) is 0 Å². The molecule has 0 spiro atoms. The third-order valence-corrected chi connectivity index (χ3v) is 1.69. The first-order chi connectivity index (χ1) is 5.63. The summed E-state index contributed by atoms with van der Waals surface area (Å²) in [7, 11) is 0. The summed E-state index contributed by atoms with van der Waals surface area (Å²) in [5.74, 6) is 0. The summed E-state index contributed by atoms with van der Waals surface area (Å²) >= 11 is 1.83. The van der Waals surface area contributed by atoms with Gasteiger partial charge in [0.1, 0.15) is 0 Å². The Morgan fingerprint density at radius 2 is 1.58 bits per heavy atom. The Hall–Kier alpha value is -0.110. The molecule has 0 aliphatic rings.